The molecule has 1 aromatic heterocycles. The molecule has 0 saturated carbocycles. The lowest BCUT2D eigenvalue weighted by Crippen LogP contribution is -2.38. The van der Waals surface area contributed by atoms with Crippen LogP contribution in [0.1, 0.15) is 16.8 Å². The van der Waals surface area contributed by atoms with E-state index in [1.165, 1.54) is 0 Å². The molecule has 2 aromatic rings. The molecule has 0 aliphatic carbocycles. The highest BCUT2D eigenvalue weighted by molar-refractivity contribution is 6.06. The fourth-order valence-corrected chi connectivity index (χ4v) is 3.50. The van der Waals surface area contributed by atoms with Gasteiger partial charge in [-0.3, -0.25) is 4.79 Å². The van der Waals surface area contributed by atoms with Crippen LogP contribution < -0.4 is 5.32 Å². The van der Waals surface area contributed by atoms with Crippen LogP contribution in [0.2, 0.25) is 0 Å². The van der Waals surface area contributed by atoms with Crippen LogP contribution in [0.3, 0.4) is 0 Å². The molecule has 2 aliphatic heterocycles. The van der Waals surface area contributed by atoms with Gasteiger partial charge in [-0.2, -0.15) is 0 Å². The number of H-pyrrole nitrogens is 1. The number of hydrogen-bond donors (Lipinski definition) is 2. The molecule has 1 amide bonds. The predicted molar refractivity (Wildman–Crippen MR) is 74.1 cm³/mol. The second kappa shape index (κ2) is 4.10. The third-order valence-electron chi connectivity index (χ3n) is 4.53. The number of rotatable bonds is 1. The molecule has 2 atom stereocenters. The summed E-state index contributed by atoms with van der Waals surface area (Å²) in [6, 6.07) is 8.38. The summed E-state index contributed by atoms with van der Waals surface area (Å²) >= 11 is 0. The minimum absolute atomic E-state index is 0.175. The topological polar surface area (TPSA) is 48.1 Å². The Bertz CT molecular complexity index is 633. The zero-order chi connectivity index (χ0) is 12.8. The maximum Gasteiger partial charge on any atom is 0.256 e. The van der Waals surface area contributed by atoms with Crippen LogP contribution in [-0.4, -0.2) is 41.5 Å². The minimum Gasteiger partial charge on any atom is -0.360 e. The summed E-state index contributed by atoms with van der Waals surface area (Å²) in [5.74, 6) is 0.822. The van der Waals surface area contributed by atoms with E-state index in [1.807, 2.05) is 30.5 Å². The van der Waals surface area contributed by atoms with E-state index in [9.17, 15) is 4.79 Å². The van der Waals surface area contributed by atoms with Crippen molar-refractivity contribution < 1.29 is 4.79 Å². The molecule has 98 valence electrons. The van der Waals surface area contributed by atoms with E-state index >= 15 is 0 Å². The zero-order valence-electron chi connectivity index (χ0n) is 10.7. The van der Waals surface area contributed by atoms with Crippen molar-refractivity contribution in [2.45, 2.75) is 12.5 Å². The first-order valence-electron chi connectivity index (χ1n) is 6.92. The second-order valence-electron chi connectivity index (χ2n) is 5.52. The molecule has 0 spiro atoms. The van der Waals surface area contributed by atoms with Gasteiger partial charge in [0.15, 0.2) is 0 Å². The van der Waals surface area contributed by atoms with Crippen LogP contribution in [-0.2, 0) is 0 Å². The maximum atomic E-state index is 12.7. The summed E-state index contributed by atoms with van der Waals surface area (Å²) in [4.78, 5) is 18.0. The number of nitrogens with one attached hydrogen (secondary N) is 2. The average Bonchev–Trinajstić information content (AvgIpc) is 3.12. The van der Waals surface area contributed by atoms with Crippen molar-refractivity contribution in [3.05, 3.63) is 36.0 Å². The third-order valence-corrected chi connectivity index (χ3v) is 4.53. The van der Waals surface area contributed by atoms with E-state index in [4.69, 9.17) is 0 Å². The molecule has 19 heavy (non-hydrogen) atoms. The molecule has 2 saturated heterocycles. The normalized spacial score (nSPS) is 26.0. The molecule has 0 radical (unpaired) electrons. The number of likely N-dealkylation sites (tertiary alicyclic amines) is 1. The van der Waals surface area contributed by atoms with Crippen LogP contribution in [0.25, 0.3) is 10.9 Å². The first-order chi connectivity index (χ1) is 9.34. The van der Waals surface area contributed by atoms with E-state index in [2.05, 4.69) is 15.2 Å². The number of para-hydroxylation sites is 1. The van der Waals surface area contributed by atoms with Crippen molar-refractivity contribution in [2.24, 2.45) is 5.92 Å². The number of fused-ring (bicyclic) bond motifs is 2. The Morgan fingerprint density at radius 3 is 3.11 bits per heavy atom. The number of aromatic nitrogens is 1. The molecule has 4 heteroatoms. The van der Waals surface area contributed by atoms with Crippen LogP contribution in [0.15, 0.2) is 30.5 Å². The molecule has 0 unspecified atom stereocenters. The van der Waals surface area contributed by atoms with Crippen LogP contribution in [0, 0.1) is 5.92 Å². The Balaban J connectivity index is 1.70. The molecular weight excluding hydrogens is 238 g/mol. The van der Waals surface area contributed by atoms with Crippen molar-refractivity contribution in [1.29, 1.82) is 0 Å². The van der Waals surface area contributed by atoms with Gasteiger partial charge in [-0.25, -0.2) is 0 Å². The fraction of sp³-hybridized carbons (Fsp3) is 0.400. The largest absolute Gasteiger partial charge is 0.360 e. The van der Waals surface area contributed by atoms with Gasteiger partial charge in [0.1, 0.15) is 0 Å². The fourth-order valence-electron chi connectivity index (χ4n) is 3.50. The van der Waals surface area contributed by atoms with Crippen molar-refractivity contribution in [2.75, 3.05) is 19.6 Å². The zero-order valence-corrected chi connectivity index (χ0v) is 10.7. The Morgan fingerprint density at radius 2 is 2.16 bits per heavy atom. The average molecular weight is 255 g/mol. The SMILES string of the molecule is O=C(c1c[nH]c2ccccc12)N1CC[C@H]2CNC[C@H]21. The number of aromatic amines is 1. The van der Waals surface area contributed by atoms with Gasteiger partial charge in [-0.05, 0) is 18.4 Å². The molecule has 0 bridgehead atoms. The highest BCUT2D eigenvalue weighted by Crippen LogP contribution is 2.30. The smallest absolute Gasteiger partial charge is 0.256 e. The third kappa shape index (κ3) is 1.60. The standard InChI is InChI=1S/C15H17N3O/c19-15(18-6-5-10-7-16-9-14(10)18)12-8-17-13-4-2-1-3-11(12)13/h1-4,8,10,14,16-17H,5-7,9H2/t10-,14+/m0/s1. The molecule has 2 aliphatic rings. The van der Waals surface area contributed by atoms with Gasteiger partial charge in [0.2, 0.25) is 0 Å². The van der Waals surface area contributed by atoms with Gasteiger partial charge in [-0.1, -0.05) is 18.2 Å². The number of amides is 1. The summed E-state index contributed by atoms with van der Waals surface area (Å²) in [7, 11) is 0. The highest BCUT2D eigenvalue weighted by Gasteiger charge is 2.40. The molecule has 4 rings (SSSR count). The van der Waals surface area contributed by atoms with Crippen molar-refractivity contribution >= 4 is 16.8 Å². The van der Waals surface area contributed by atoms with E-state index in [-0.39, 0.29) is 5.91 Å². The first kappa shape index (κ1) is 11.1. The Morgan fingerprint density at radius 1 is 1.26 bits per heavy atom. The maximum absolute atomic E-state index is 12.7. The van der Waals surface area contributed by atoms with Crippen molar-refractivity contribution in [3.8, 4) is 0 Å². The van der Waals surface area contributed by atoms with Crippen LogP contribution >= 0.6 is 0 Å². The van der Waals surface area contributed by atoms with Crippen LogP contribution in [0.5, 0.6) is 0 Å². The second-order valence-corrected chi connectivity index (χ2v) is 5.52. The lowest BCUT2D eigenvalue weighted by Gasteiger charge is -2.23. The van der Waals surface area contributed by atoms with E-state index in [1.54, 1.807) is 0 Å². The lowest BCUT2D eigenvalue weighted by molar-refractivity contribution is 0.0739. The van der Waals surface area contributed by atoms with Gasteiger partial charge >= 0.3 is 0 Å². The number of benzene rings is 1. The number of carbonyl (C=O) groups excluding carboxylic acids is 1. The van der Waals surface area contributed by atoms with E-state index in [0.717, 1.165) is 42.5 Å². The molecule has 1 aromatic carbocycles. The number of carbonyl (C=O) groups is 1. The monoisotopic (exact) mass is 255 g/mol. The summed E-state index contributed by atoms with van der Waals surface area (Å²) in [5.41, 5.74) is 1.84. The molecule has 2 fully saturated rings. The van der Waals surface area contributed by atoms with Crippen molar-refractivity contribution in [3.63, 3.8) is 0 Å². The predicted octanol–water partition coefficient (Wildman–Crippen LogP) is 1.60. The van der Waals surface area contributed by atoms with Gasteiger partial charge < -0.3 is 15.2 Å². The van der Waals surface area contributed by atoms with E-state index in [0.29, 0.717) is 12.0 Å². The first-order valence-corrected chi connectivity index (χ1v) is 6.92. The van der Waals surface area contributed by atoms with Gasteiger partial charge in [0, 0.05) is 42.8 Å². The Hall–Kier alpha value is -1.81. The molecule has 3 heterocycles. The summed E-state index contributed by atoms with van der Waals surface area (Å²) in [6.45, 7) is 2.90. The minimum atomic E-state index is 0.175. The summed E-state index contributed by atoms with van der Waals surface area (Å²) in [6.07, 6.45) is 2.98. The molecule has 4 nitrogen and oxygen atoms in total. The van der Waals surface area contributed by atoms with Crippen LogP contribution in [0.4, 0.5) is 0 Å². The number of hydrogen-bond acceptors (Lipinski definition) is 2. The van der Waals surface area contributed by atoms with E-state index < -0.39 is 0 Å². The molecular formula is C15H17N3O. The Labute approximate surface area is 111 Å². The van der Waals surface area contributed by atoms with Crippen molar-refractivity contribution in [1.82, 2.24) is 15.2 Å². The lowest BCUT2D eigenvalue weighted by atomic mass is 10.0. The quantitative estimate of drug-likeness (QED) is 0.813. The molecule has 2 N–H and O–H groups in total. The van der Waals surface area contributed by atoms with Gasteiger partial charge in [-0.15, -0.1) is 0 Å². The van der Waals surface area contributed by atoms with Gasteiger partial charge in [0.05, 0.1) is 5.56 Å². The highest BCUT2D eigenvalue weighted by atomic mass is 16.2. The summed E-state index contributed by atoms with van der Waals surface area (Å²) < 4.78 is 0. The van der Waals surface area contributed by atoms with Gasteiger partial charge in [0.25, 0.3) is 5.91 Å². The number of nitrogens with zero attached hydrogens (tertiary/aromatic N) is 1. The summed E-state index contributed by atoms with van der Waals surface area (Å²) in [5, 5.41) is 4.42. The Kier molecular flexibility index (Phi) is 2.38.